The van der Waals surface area contributed by atoms with E-state index in [2.05, 4.69) is 4.90 Å². The van der Waals surface area contributed by atoms with Crippen LogP contribution >= 0.6 is 0 Å². The Morgan fingerprint density at radius 3 is 2.67 bits per heavy atom. The standard InChI is InChI=1S/C14H27N3O/c1-16(9-10-17-7-2-3-8-17)14(18)13-6-4-5-12(13)11-15/h12-13H,2-11,15H2,1H3. The second-order valence-electron chi connectivity index (χ2n) is 5.84. The molecule has 4 heteroatoms. The van der Waals surface area contributed by atoms with E-state index in [1.54, 1.807) is 0 Å². The zero-order valence-electron chi connectivity index (χ0n) is 11.6. The van der Waals surface area contributed by atoms with Crippen LogP contribution in [-0.4, -0.2) is 55.5 Å². The van der Waals surface area contributed by atoms with Crippen LogP contribution in [0.3, 0.4) is 0 Å². The van der Waals surface area contributed by atoms with Crippen LogP contribution in [0, 0.1) is 11.8 Å². The molecule has 2 rings (SSSR count). The zero-order chi connectivity index (χ0) is 13.0. The lowest BCUT2D eigenvalue weighted by atomic mass is 9.95. The Morgan fingerprint density at radius 2 is 2.00 bits per heavy atom. The normalized spacial score (nSPS) is 28.8. The van der Waals surface area contributed by atoms with Crippen molar-refractivity contribution in [1.82, 2.24) is 9.80 Å². The third-order valence-corrected chi connectivity index (χ3v) is 4.61. The predicted molar refractivity (Wildman–Crippen MR) is 73.2 cm³/mol. The summed E-state index contributed by atoms with van der Waals surface area (Å²) in [5.41, 5.74) is 5.76. The smallest absolute Gasteiger partial charge is 0.225 e. The SMILES string of the molecule is CN(CCN1CCCC1)C(=O)C1CCCC1CN. The van der Waals surface area contributed by atoms with Crippen LogP contribution in [0.15, 0.2) is 0 Å². The Morgan fingerprint density at radius 1 is 1.28 bits per heavy atom. The summed E-state index contributed by atoms with van der Waals surface area (Å²) in [6.07, 6.45) is 5.96. The molecular formula is C14H27N3O. The van der Waals surface area contributed by atoms with E-state index < -0.39 is 0 Å². The van der Waals surface area contributed by atoms with Gasteiger partial charge in [-0.3, -0.25) is 4.79 Å². The summed E-state index contributed by atoms with van der Waals surface area (Å²) in [7, 11) is 1.95. The fourth-order valence-corrected chi connectivity index (χ4v) is 3.33. The van der Waals surface area contributed by atoms with Crippen molar-refractivity contribution in [2.45, 2.75) is 32.1 Å². The Bertz CT molecular complexity index is 276. The van der Waals surface area contributed by atoms with E-state index in [9.17, 15) is 4.79 Å². The third kappa shape index (κ3) is 3.23. The van der Waals surface area contributed by atoms with Crippen molar-refractivity contribution in [2.75, 3.05) is 39.8 Å². The molecule has 1 amide bonds. The van der Waals surface area contributed by atoms with Gasteiger partial charge >= 0.3 is 0 Å². The molecule has 1 saturated carbocycles. The average molecular weight is 253 g/mol. The Balaban J connectivity index is 1.76. The minimum Gasteiger partial charge on any atom is -0.344 e. The third-order valence-electron chi connectivity index (χ3n) is 4.61. The van der Waals surface area contributed by atoms with Gasteiger partial charge in [-0.2, -0.15) is 0 Å². The van der Waals surface area contributed by atoms with E-state index in [0.29, 0.717) is 18.4 Å². The number of likely N-dealkylation sites (N-methyl/N-ethyl adjacent to an activating group) is 1. The molecule has 2 unspecified atom stereocenters. The highest BCUT2D eigenvalue weighted by Crippen LogP contribution is 2.32. The number of hydrogen-bond acceptors (Lipinski definition) is 3. The molecule has 1 aliphatic heterocycles. The Hall–Kier alpha value is -0.610. The van der Waals surface area contributed by atoms with Gasteiger partial charge in [0.15, 0.2) is 0 Å². The molecule has 0 aromatic rings. The number of carbonyl (C=O) groups is 1. The number of nitrogens with zero attached hydrogens (tertiary/aromatic N) is 2. The van der Waals surface area contributed by atoms with E-state index in [-0.39, 0.29) is 5.92 Å². The summed E-state index contributed by atoms with van der Waals surface area (Å²) in [6, 6.07) is 0. The van der Waals surface area contributed by atoms with Gasteiger partial charge in [-0.25, -0.2) is 0 Å². The maximum atomic E-state index is 12.4. The highest BCUT2D eigenvalue weighted by molar-refractivity contribution is 5.79. The Kier molecular flexibility index (Phi) is 5.01. The number of amides is 1. The number of rotatable bonds is 5. The summed E-state index contributed by atoms with van der Waals surface area (Å²) in [6.45, 7) is 4.97. The van der Waals surface area contributed by atoms with E-state index in [0.717, 1.165) is 32.4 Å². The quantitative estimate of drug-likeness (QED) is 0.792. The van der Waals surface area contributed by atoms with Gasteiger partial charge < -0.3 is 15.5 Å². The van der Waals surface area contributed by atoms with Crippen LogP contribution in [0.2, 0.25) is 0 Å². The molecule has 0 aromatic carbocycles. The maximum absolute atomic E-state index is 12.4. The molecule has 1 saturated heterocycles. The highest BCUT2D eigenvalue weighted by atomic mass is 16.2. The molecule has 104 valence electrons. The van der Waals surface area contributed by atoms with Crippen LogP contribution in [0.4, 0.5) is 0 Å². The molecule has 1 aliphatic carbocycles. The van der Waals surface area contributed by atoms with E-state index in [1.807, 2.05) is 11.9 Å². The summed E-state index contributed by atoms with van der Waals surface area (Å²) >= 11 is 0. The molecule has 0 bridgehead atoms. The molecule has 2 atom stereocenters. The van der Waals surface area contributed by atoms with Gasteiger partial charge in [0.05, 0.1) is 0 Å². The van der Waals surface area contributed by atoms with Crippen molar-refractivity contribution in [3.05, 3.63) is 0 Å². The number of nitrogens with two attached hydrogens (primary N) is 1. The molecule has 1 heterocycles. The van der Waals surface area contributed by atoms with Gasteiger partial charge in [0.1, 0.15) is 0 Å². The summed E-state index contributed by atoms with van der Waals surface area (Å²) < 4.78 is 0. The first-order valence-electron chi connectivity index (χ1n) is 7.39. The number of carbonyl (C=O) groups excluding carboxylic acids is 1. The lowest BCUT2D eigenvalue weighted by Crippen LogP contribution is -2.40. The van der Waals surface area contributed by atoms with Gasteiger partial charge in [-0.1, -0.05) is 6.42 Å². The van der Waals surface area contributed by atoms with E-state index in [1.165, 1.54) is 25.9 Å². The second-order valence-corrected chi connectivity index (χ2v) is 5.84. The molecule has 18 heavy (non-hydrogen) atoms. The van der Waals surface area contributed by atoms with Crippen molar-refractivity contribution in [1.29, 1.82) is 0 Å². The fourth-order valence-electron chi connectivity index (χ4n) is 3.33. The molecule has 2 N–H and O–H groups in total. The van der Waals surface area contributed by atoms with Crippen LogP contribution in [-0.2, 0) is 4.79 Å². The van der Waals surface area contributed by atoms with Crippen molar-refractivity contribution in [2.24, 2.45) is 17.6 Å². The molecular weight excluding hydrogens is 226 g/mol. The van der Waals surface area contributed by atoms with Gasteiger partial charge in [-0.15, -0.1) is 0 Å². The van der Waals surface area contributed by atoms with Gasteiger partial charge in [0.25, 0.3) is 0 Å². The lowest BCUT2D eigenvalue weighted by Gasteiger charge is -2.26. The summed E-state index contributed by atoms with van der Waals surface area (Å²) in [5.74, 6) is 0.937. The monoisotopic (exact) mass is 253 g/mol. The average Bonchev–Trinajstić information content (AvgIpc) is 3.05. The Labute approximate surface area is 110 Å². The maximum Gasteiger partial charge on any atom is 0.225 e. The highest BCUT2D eigenvalue weighted by Gasteiger charge is 2.33. The van der Waals surface area contributed by atoms with Gasteiger partial charge in [0, 0.05) is 26.1 Å². The molecule has 2 fully saturated rings. The number of likely N-dealkylation sites (tertiary alicyclic amines) is 1. The first-order valence-corrected chi connectivity index (χ1v) is 7.39. The van der Waals surface area contributed by atoms with E-state index in [4.69, 9.17) is 5.73 Å². The molecule has 0 spiro atoms. The van der Waals surface area contributed by atoms with Crippen LogP contribution < -0.4 is 5.73 Å². The molecule has 4 nitrogen and oxygen atoms in total. The lowest BCUT2D eigenvalue weighted by molar-refractivity contribution is -0.135. The summed E-state index contributed by atoms with van der Waals surface area (Å²) in [5, 5.41) is 0. The van der Waals surface area contributed by atoms with Crippen LogP contribution in [0.25, 0.3) is 0 Å². The van der Waals surface area contributed by atoms with E-state index >= 15 is 0 Å². The first kappa shape index (κ1) is 13.8. The van der Waals surface area contributed by atoms with Crippen molar-refractivity contribution in [3.8, 4) is 0 Å². The van der Waals surface area contributed by atoms with Crippen molar-refractivity contribution >= 4 is 5.91 Å². The van der Waals surface area contributed by atoms with Crippen molar-refractivity contribution < 1.29 is 4.79 Å². The molecule has 0 aromatic heterocycles. The fraction of sp³-hybridized carbons (Fsp3) is 0.929. The first-order chi connectivity index (χ1) is 8.72. The van der Waals surface area contributed by atoms with Gasteiger partial charge in [-0.05, 0) is 51.2 Å². The van der Waals surface area contributed by atoms with Crippen LogP contribution in [0.1, 0.15) is 32.1 Å². The minimum absolute atomic E-state index is 0.193. The molecule has 2 aliphatic rings. The largest absolute Gasteiger partial charge is 0.344 e. The number of hydrogen-bond donors (Lipinski definition) is 1. The molecule has 0 radical (unpaired) electrons. The minimum atomic E-state index is 0.193. The summed E-state index contributed by atoms with van der Waals surface area (Å²) in [4.78, 5) is 16.8. The van der Waals surface area contributed by atoms with Crippen LogP contribution in [0.5, 0.6) is 0 Å². The van der Waals surface area contributed by atoms with Gasteiger partial charge in [0.2, 0.25) is 5.91 Å². The topological polar surface area (TPSA) is 49.6 Å². The van der Waals surface area contributed by atoms with Crippen molar-refractivity contribution in [3.63, 3.8) is 0 Å². The zero-order valence-corrected chi connectivity index (χ0v) is 11.6. The second kappa shape index (κ2) is 6.53. The predicted octanol–water partition coefficient (Wildman–Crippen LogP) is 0.916.